The first-order valence-corrected chi connectivity index (χ1v) is 6.80. The highest BCUT2D eigenvalue weighted by Crippen LogP contribution is 2.21. The average molecular weight is 297 g/mol. The molecule has 0 spiro atoms. The second-order valence-corrected chi connectivity index (χ2v) is 5.91. The van der Waals surface area contributed by atoms with Gasteiger partial charge in [0.1, 0.15) is 0 Å². The number of hydrogen-bond donors (Lipinski definition) is 1. The zero-order valence-electron chi connectivity index (χ0n) is 8.98. The molecular weight excluding hydrogens is 284 g/mol. The predicted molar refractivity (Wildman–Crippen MR) is 71.5 cm³/mol. The lowest BCUT2D eigenvalue weighted by Crippen LogP contribution is -2.18. The van der Waals surface area contributed by atoms with E-state index in [2.05, 4.69) is 44.6 Å². The lowest BCUT2D eigenvalue weighted by Gasteiger charge is -2.12. The smallest absolute Gasteiger partial charge is 0.0701 e. The Hall–Kier alpha value is -0.710. The molecule has 0 aliphatic carbocycles. The fraction of sp³-hybridized carbons (Fsp3) is 0.250. The molecule has 0 bridgehead atoms. The van der Waals surface area contributed by atoms with Crippen molar-refractivity contribution in [2.45, 2.75) is 19.5 Å². The molecule has 16 heavy (non-hydrogen) atoms. The first kappa shape index (κ1) is 11.8. The van der Waals surface area contributed by atoms with E-state index < -0.39 is 0 Å². The standard InChI is InChI=1S/C12H13BrN2S/c1-9(11-4-2-3-5-14-11)15-7-10-6-12(13)16-8-10/h2-6,8-9,15H,7H2,1H3. The number of thiophene rings is 1. The summed E-state index contributed by atoms with van der Waals surface area (Å²) in [5.41, 5.74) is 2.39. The maximum absolute atomic E-state index is 4.33. The monoisotopic (exact) mass is 296 g/mol. The lowest BCUT2D eigenvalue weighted by atomic mass is 10.2. The highest BCUT2D eigenvalue weighted by atomic mass is 79.9. The molecule has 0 radical (unpaired) electrons. The molecule has 2 aromatic heterocycles. The van der Waals surface area contributed by atoms with Crippen LogP contribution in [0.15, 0.2) is 39.6 Å². The maximum Gasteiger partial charge on any atom is 0.0701 e. The quantitative estimate of drug-likeness (QED) is 0.929. The minimum Gasteiger partial charge on any atom is -0.305 e. The Labute approximate surface area is 108 Å². The molecule has 1 N–H and O–H groups in total. The third-order valence-electron chi connectivity index (χ3n) is 2.37. The van der Waals surface area contributed by atoms with Gasteiger partial charge in [-0.05, 0) is 52.0 Å². The van der Waals surface area contributed by atoms with Crippen LogP contribution in [0.1, 0.15) is 24.2 Å². The van der Waals surface area contributed by atoms with Crippen molar-refractivity contribution >= 4 is 27.3 Å². The molecule has 4 heteroatoms. The zero-order chi connectivity index (χ0) is 11.4. The molecule has 2 heterocycles. The van der Waals surface area contributed by atoms with Crippen LogP contribution in [0.3, 0.4) is 0 Å². The number of pyridine rings is 1. The van der Waals surface area contributed by atoms with E-state index in [1.807, 2.05) is 24.4 Å². The van der Waals surface area contributed by atoms with E-state index in [-0.39, 0.29) is 6.04 Å². The molecular formula is C12H13BrN2S. The summed E-state index contributed by atoms with van der Waals surface area (Å²) >= 11 is 5.18. The molecule has 2 nitrogen and oxygen atoms in total. The molecule has 0 saturated heterocycles. The number of nitrogens with zero attached hydrogens (tertiary/aromatic N) is 1. The minimum atomic E-state index is 0.278. The first-order valence-electron chi connectivity index (χ1n) is 5.13. The van der Waals surface area contributed by atoms with Crippen LogP contribution in [0.5, 0.6) is 0 Å². The van der Waals surface area contributed by atoms with Gasteiger partial charge in [-0.25, -0.2) is 0 Å². The van der Waals surface area contributed by atoms with Gasteiger partial charge in [-0.1, -0.05) is 6.07 Å². The Kier molecular flexibility index (Phi) is 4.09. The van der Waals surface area contributed by atoms with Crippen LogP contribution in [-0.4, -0.2) is 4.98 Å². The van der Waals surface area contributed by atoms with Gasteiger partial charge in [0.15, 0.2) is 0 Å². The van der Waals surface area contributed by atoms with Crippen LogP contribution >= 0.6 is 27.3 Å². The molecule has 0 aliphatic rings. The van der Waals surface area contributed by atoms with E-state index in [9.17, 15) is 0 Å². The van der Waals surface area contributed by atoms with E-state index in [1.165, 1.54) is 9.35 Å². The molecule has 84 valence electrons. The number of aromatic nitrogens is 1. The van der Waals surface area contributed by atoms with Gasteiger partial charge in [-0.3, -0.25) is 4.98 Å². The first-order chi connectivity index (χ1) is 7.75. The topological polar surface area (TPSA) is 24.9 Å². The van der Waals surface area contributed by atoms with E-state index in [0.29, 0.717) is 0 Å². The van der Waals surface area contributed by atoms with Crippen molar-refractivity contribution in [2.24, 2.45) is 0 Å². The van der Waals surface area contributed by atoms with Gasteiger partial charge in [-0.15, -0.1) is 11.3 Å². The Morgan fingerprint density at radius 1 is 1.50 bits per heavy atom. The van der Waals surface area contributed by atoms with Crippen LogP contribution in [0, 0.1) is 0 Å². The van der Waals surface area contributed by atoms with Gasteiger partial charge >= 0.3 is 0 Å². The summed E-state index contributed by atoms with van der Waals surface area (Å²) < 4.78 is 1.18. The fourth-order valence-corrected chi connectivity index (χ4v) is 2.66. The molecule has 0 fully saturated rings. The van der Waals surface area contributed by atoms with Crippen molar-refractivity contribution in [3.8, 4) is 0 Å². The number of nitrogens with one attached hydrogen (secondary N) is 1. The molecule has 0 aliphatic heterocycles. The Bertz CT molecular complexity index is 441. The molecule has 0 saturated carbocycles. The van der Waals surface area contributed by atoms with Gasteiger partial charge in [0.2, 0.25) is 0 Å². The van der Waals surface area contributed by atoms with Crippen LogP contribution in [0.25, 0.3) is 0 Å². The SMILES string of the molecule is CC(NCc1csc(Br)c1)c1ccccn1. The normalized spacial score (nSPS) is 12.6. The van der Waals surface area contributed by atoms with E-state index in [1.54, 1.807) is 11.3 Å². The molecule has 1 unspecified atom stereocenters. The van der Waals surface area contributed by atoms with Crippen molar-refractivity contribution in [2.75, 3.05) is 0 Å². The van der Waals surface area contributed by atoms with E-state index in [4.69, 9.17) is 0 Å². The Balaban J connectivity index is 1.91. The van der Waals surface area contributed by atoms with Crippen molar-refractivity contribution in [1.82, 2.24) is 10.3 Å². The number of halogens is 1. The average Bonchev–Trinajstić information content (AvgIpc) is 2.73. The van der Waals surface area contributed by atoms with Crippen LogP contribution in [-0.2, 0) is 6.54 Å². The second-order valence-electron chi connectivity index (χ2n) is 3.62. The summed E-state index contributed by atoms with van der Waals surface area (Å²) in [5, 5.41) is 5.61. The van der Waals surface area contributed by atoms with E-state index >= 15 is 0 Å². The third-order valence-corrected chi connectivity index (χ3v) is 3.92. The summed E-state index contributed by atoms with van der Waals surface area (Å²) in [5.74, 6) is 0. The Morgan fingerprint density at radius 2 is 2.38 bits per heavy atom. The number of hydrogen-bond acceptors (Lipinski definition) is 3. The third kappa shape index (κ3) is 3.14. The zero-order valence-corrected chi connectivity index (χ0v) is 11.4. The maximum atomic E-state index is 4.33. The number of rotatable bonds is 4. The van der Waals surface area contributed by atoms with Crippen molar-refractivity contribution in [3.05, 3.63) is 50.9 Å². The van der Waals surface area contributed by atoms with Gasteiger partial charge in [0.05, 0.1) is 9.48 Å². The van der Waals surface area contributed by atoms with Gasteiger partial charge < -0.3 is 5.32 Å². The lowest BCUT2D eigenvalue weighted by molar-refractivity contribution is 0.562. The minimum absolute atomic E-state index is 0.278. The van der Waals surface area contributed by atoms with Crippen molar-refractivity contribution in [1.29, 1.82) is 0 Å². The largest absolute Gasteiger partial charge is 0.305 e. The van der Waals surface area contributed by atoms with E-state index in [0.717, 1.165) is 12.2 Å². The molecule has 1 atom stereocenters. The van der Waals surface area contributed by atoms with Gasteiger partial charge in [0, 0.05) is 18.8 Å². The van der Waals surface area contributed by atoms with Crippen molar-refractivity contribution < 1.29 is 0 Å². The molecule has 0 aromatic carbocycles. The molecule has 0 amide bonds. The summed E-state index contributed by atoms with van der Waals surface area (Å²) in [7, 11) is 0. The second kappa shape index (κ2) is 5.57. The summed E-state index contributed by atoms with van der Waals surface area (Å²) in [6, 6.07) is 8.41. The molecule has 2 aromatic rings. The fourth-order valence-electron chi connectivity index (χ4n) is 1.45. The van der Waals surface area contributed by atoms with Gasteiger partial charge in [0.25, 0.3) is 0 Å². The van der Waals surface area contributed by atoms with Crippen LogP contribution < -0.4 is 5.32 Å². The Morgan fingerprint density at radius 3 is 3.00 bits per heavy atom. The summed E-state index contributed by atoms with van der Waals surface area (Å²) in [6.07, 6.45) is 1.83. The summed E-state index contributed by atoms with van der Waals surface area (Å²) in [6.45, 7) is 3.00. The van der Waals surface area contributed by atoms with Crippen LogP contribution in [0.4, 0.5) is 0 Å². The predicted octanol–water partition coefficient (Wildman–Crippen LogP) is 3.76. The highest BCUT2D eigenvalue weighted by molar-refractivity contribution is 9.11. The van der Waals surface area contributed by atoms with Gasteiger partial charge in [-0.2, -0.15) is 0 Å². The van der Waals surface area contributed by atoms with Crippen LogP contribution in [0.2, 0.25) is 0 Å². The molecule has 2 rings (SSSR count). The highest BCUT2D eigenvalue weighted by Gasteiger charge is 2.05. The van der Waals surface area contributed by atoms with Crippen molar-refractivity contribution in [3.63, 3.8) is 0 Å². The summed E-state index contributed by atoms with van der Waals surface area (Å²) in [4.78, 5) is 4.33.